The maximum Gasteiger partial charge on any atom is 0.243 e. The Balaban J connectivity index is 1.63. The van der Waals surface area contributed by atoms with E-state index in [1.165, 1.54) is 0 Å². The van der Waals surface area contributed by atoms with Crippen molar-refractivity contribution in [2.75, 3.05) is 40.0 Å². The molecule has 0 spiro atoms. The highest BCUT2D eigenvalue weighted by atomic mass is 32.2. The number of methoxy groups -OCH3 is 1. The SMILES string of the molecule is COC[C@@]12CN(S(=O)(=O)c3ccc4c(c3)OCCO4)C[C@@H]1C(C)(C)C2. The van der Waals surface area contributed by atoms with Gasteiger partial charge in [-0.05, 0) is 29.9 Å². The van der Waals surface area contributed by atoms with Gasteiger partial charge in [0.2, 0.25) is 10.0 Å². The van der Waals surface area contributed by atoms with E-state index in [0.29, 0.717) is 50.3 Å². The van der Waals surface area contributed by atoms with Crippen LogP contribution in [0.15, 0.2) is 23.1 Å². The molecule has 1 aromatic rings. The zero-order valence-corrected chi connectivity index (χ0v) is 15.8. The van der Waals surface area contributed by atoms with Crippen LogP contribution in [-0.4, -0.2) is 52.7 Å². The van der Waals surface area contributed by atoms with Crippen molar-refractivity contribution in [3.05, 3.63) is 18.2 Å². The predicted molar refractivity (Wildman–Crippen MR) is 92.4 cm³/mol. The van der Waals surface area contributed by atoms with Crippen molar-refractivity contribution in [3.63, 3.8) is 0 Å². The number of fused-ring (bicyclic) bond motifs is 2. The fourth-order valence-electron chi connectivity index (χ4n) is 5.08. The van der Waals surface area contributed by atoms with Crippen molar-refractivity contribution >= 4 is 10.0 Å². The van der Waals surface area contributed by atoms with Gasteiger partial charge in [-0.15, -0.1) is 0 Å². The van der Waals surface area contributed by atoms with Crippen LogP contribution in [0, 0.1) is 16.7 Å². The Kier molecular flexibility index (Phi) is 3.83. The van der Waals surface area contributed by atoms with Gasteiger partial charge in [-0.1, -0.05) is 13.8 Å². The highest BCUT2D eigenvalue weighted by molar-refractivity contribution is 7.89. The molecule has 1 saturated heterocycles. The lowest BCUT2D eigenvalue weighted by Gasteiger charge is -2.56. The molecule has 138 valence electrons. The summed E-state index contributed by atoms with van der Waals surface area (Å²) in [7, 11) is -1.87. The van der Waals surface area contributed by atoms with Gasteiger partial charge in [-0.2, -0.15) is 4.31 Å². The summed E-state index contributed by atoms with van der Waals surface area (Å²) in [5, 5.41) is 0. The number of sulfonamides is 1. The van der Waals surface area contributed by atoms with Gasteiger partial charge in [0, 0.05) is 31.7 Å². The van der Waals surface area contributed by atoms with Crippen LogP contribution >= 0.6 is 0 Å². The summed E-state index contributed by atoms with van der Waals surface area (Å²) in [6.45, 7) is 7.03. The van der Waals surface area contributed by atoms with Crippen LogP contribution in [0.1, 0.15) is 20.3 Å². The van der Waals surface area contributed by atoms with Crippen molar-refractivity contribution in [1.29, 1.82) is 0 Å². The van der Waals surface area contributed by atoms with E-state index in [-0.39, 0.29) is 15.7 Å². The Labute approximate surface area is 149 Å². The van der Waals surface area contributed by atoms with Gasteiger partial charge >= 0.3 is 0 Å². The third kappa shape index (κ3) is 2.55. The Morgan fingerprint density at radius 1 is 1.24 bits per heavy atom. The van der Waals surface area contributed by atoms with Crippen molar-refractivity contribution < 1.29 is 22.6 Å². The zero-order chi connectivity index (χ0) is 17.9. The van der Waals surface area contributed by atoms with Gasteiger partial charge in [0.05, 0.1) is 11.5 Å². The molecule has 1 saturated carbocycles. The first-order valence-electron chi connectivity index (χ1n) is 8.67. The second-order valence-electron chi connectivity index (χ2n) is 8.12. The minimum atomic E-state index is -3.56. The van der Waals surface area contributed by atoms with Crippen molar-refractivity contribution in [2.45, 2.75) is 25.2 Å². The molecular formula is C18H25NO5S. The summed E-state index contributed by atoms with van der Waals surface area (Å²) < 4.78 is 44.4. The van der Waals surface area contributed by atoms with Crippen molar-refractivity contribution in [2.24, 2.45) is 16.7 Å². The average Bonchev–Trinajstić information content (AvgIpc) is 2.90. The van der Waals surface area contributed by atoms with E-state index >= 15 is 0 Å². The third-order valence-corrected chi connectivity index (χ3v) is 7.76. The summed E-state index contributed by atoms with van der Waals surface area (Å²) >= 11 is 0. The number of rotatable bonds is 4. The molecule has 7 heteroatoms. The Bertz CT molecular complexity index is 791. The predicted octanol–water partition coefficient (Wildman–Crippen LogP) is 2.14. The molecule has 0 radical (unpaired) electrons. The molecule has 2 heterocycles. The van der Waals surface area contributed by atoms with Crippen LogP contribution in [0.3, 0.4) is 0 Å². The monoisotopic (exact) mass is 367 g/mol. The van der Waals surface area contributed by atoms with E-state index in [2.05, 4.69) is 13.8 Å². The number of nitrogens with zero attached hydrogens (tertiary/aromatic N) is 1. The van der Waals surface area contributed by atoms with Crippen molar-refractivity contribution in [1.82, 2.24) is 4.31 Å². The largest absolute Gasteiger partial charge is 0.486 e. The summed E-state index contributed by atoms with van der Waals surface area (Å²) in [5.41, 5.74) is 0.0920. The third-order valence-electron chi connectivity index (χ3n) is 5.95. The number of ether oxygens (including phenoxy) is 3. The molecule has 25 heavy (non-hydrogen) atoms. The van der Waals surface area contributed by atoms with Crippen LogP contribution in [0.25, 0.3) is 0 Å². The number of hydrogen-bond acceptors (Lipinski definition) is 5. The zero-order valence-electron chi connectivity index (χ0n) is 14.9. The number of benzene rings is 1. The van der Waals surface area contributed by atoms with E-state index in [0.717, 1.165) is 6.42 Å². The molecule has 2 aliphatic heterocycles. The molecule has 0 unspecified atom stereocenters. The second kappa shape index (κ2) is 5.59. The van der Waals surface area contributed by atoms with Crippen LogP contribution < -0.4 is 9.47 Å². The molecule has 0 aromatic heterocycles. The van der Waals surface area contributed by atoms with E-state index in [9.17, 15) is 8.42 Å². The Morgan fingerprint density at radius 2 is 1.96 bits per heavy atom. The van der Waals surface area contributed by atoms with Gasteiger partial charge in [-0.25, -0.2) is 8.42 Å². The summed E-state index contributed by atoms with van der Waals surface area (Å²) in [6, 6.07) is 4.87. The first-order valence-corrected chi connectivity index (χ1v) is 10.1. The van der Waals surface area contributed by atoms with Gasteiger partial charge in [0.15, 0.2) is 11.5 Å². The normalized spacial score (nSPS) is 30.6. The molecule has 4 rings (SSSR count). The quantitative estimate of drug-likeness (QED) is 0.816. The minimum absolute atomic E-state index is 0.0564. The maximum atomic E-state index is 13.2. The molecular weight excluding hydrogens is 342 g/mol. The molecule has 0 N–H and O–H groups in total. The molecule has 2 atom stereocenters. The van der Waals surface area contributed by atoms with Crippen molar-refractivity contribution in [3.8, 4) is 11.5 Å². The lowest BCUT2D eigenvalue weighted by molar-refractivity contribution is -0.106. The van der Waals surface area contributed by atoms with Gasteiger partial charge < -0.3 is 14.2 Å². The first kappa shape index (κ1) is 17.1. The summed E-state index contributed by atoms with van der Waals surface area (Å²) in [6.07, 6.45) is 0.992. The fraction of sp³-hybridized carbons (Fsp3) is 0.667. The maximum absolute atomic E-state index is 13.2. The van der Waals surface area contributed by atoms with Crippen LogP contribution in [-0.2, 0) is 14.8 Å². The molecule has 1 aliphatic carbocycles. The smallest absolute Gasteiger partial charge is 0.243 e. The van der Waals surface area contributed by atoms with E-state index in [1.54, 1.807) is 29.6 Å². The highest BCUT2D eigenvalue weighted by Crippen LogP contribution is 2.63. The lowest BCUT2D eigenvalue weighted by Crippen LogP contribution is -2.55. The molecule has 0 amide bonds. The Morgan fingerprint density at radius 3 is 2.64 bits per heavy atom. The van der Waals surface area contributed by atoms with E-state index < -0.39 is 10.0 Å². The Hall–Kier alpha value is -1.31. The molecule has 1 aromatic carbocycles. The first-order chi connectivity index (χ1) is 11.8. The lowest BCUT2D eigenvalue weighted by atomic mass is 9.48. The van der Waals surface area contributed by atoms with Crippen LogP contribution in [0.4, 0.5) is 0 Å². The standard InChI is InChI=1S/C18H25NO5S/c1-17(2)10-18(12-22-3)11-19(9-16(17)18)25(20,21)13-4-5-14-15(8-13)24-7-6-23-14/h4-5,8,16H,6-7,9-12H2,1-3H3/t16-,18-/m1/s1. The minimum Gasteiger partial charge on any atom is -0.486 e. The topological polar surface area (TPSA) is 65.1 Å². The summed E-state index contributed by atoms with van der Waals surface area (Å²) in [4.78, 5) is 0.267. The van der Waals surface area contributed by atoms with E-state index in [4.69, 9.17) is 14.2 Å². The van der Waals surface area contributed by atoms with Gasteiger partial charge in [0.25, 0.3) is 0 Å². The molecule has 6 nitrogen and oxygen atoms in total. The fourth-order valence-corrected chi connectivity index (χ4v) is 6.65. The van der Waals surface area contributed by atoms with E-state index in [1.807, 2.05) is 0 Å². The molecule has 0 bridgehead atoms. The van der Waals surface area contributed by atoms with Crippen LogP contribution in [0.2, 0.25) is 0 Å². The summed E-state index contributed by atoms with van der Waals surface area (Å²) in [5.74, 6) is 1.43. The van der Waals surface area contributed by atoms with Crippen LogP contribution in [0.5, 0.6) is 11.5 Å². The van der Waals surface area contributed by atoms with Gasteiger partial charge in [-0.3, -0.25) is 0 Å². The van der Waals surface area contributed by atoms with Gasteiger partial charge in [0.1, 0.15) is 13.2 Å². The average molecular weight is 367 g/mol. The second-order valence-corrected chi connectivity index (χ2v) is 10.1. The molecule has 2 fully saturated rings. The number of hydrogen-bond donors (Lipinski definition) is 0. The molecule has 3 aliphatic rings. The highest BCUT2D eigenvalue weighted by Gasteiger charge is 2.64.